The molecule has 98 valence electrons. The molecule has 3 nitrogen and oxygen atoms in total. The van der Waals surface area contributed by atoms with E-state index in [4.69, 9.17) is 4.74 Å². The zero-order valence-electron chi connectivity index (χ0n) is 10.9. The predicted molar refractivity (Wildman–Crippen MR) is 75.7 cm³/mol. The Labute approximate surface area is 112 Å². The minimum Gasteiger partial charge on any atom is -0.454 e. The van der Waals surface area contributed by atoms with Crippen molar-refractivity contribution in [3.8, 4) is 11.5 Å². The van der Waals surface area contributed by atoms with Crippen molar-refractivity contribution in [3.63, 3.8) is 0 Å². The number of aliphatic imine (C=N–C) groups is 1. The summed E-state index contributed by atoms with van der Waals surface area (Å²) in [5.74, 6) is 0.403. The predicted octanol–water partition coefficient (Wildman–Crippen LogP) is 3.71. The second-order valence-electron chi connectivity index (χ2n) is 4.01. The summed E-state index contributed by atoms with van der Waals surface area (Å²) >= 11 is 0. The second-order valence-corrected chi connectivity index (χ2v) is 4.01. The Bertz CT molecular complexity index is 570. The number of hydrogen-bond donors (Lipinski definition) is 0. The number of halogens is 1. The minimum atomic E-state index is -0.394. The van der Waals surface area contributed by atoms with Crippen molar-refractivity contribution in [1.29, 1.82) is 0 Å². The molecule has 0 unspecified atom stereocenters. The first-order valence-electron chi connectivity index (χ1n) is 5.88. The van der Waals surface area contributed by atoms with E-state index in [0.717, 1.165) is 5.69 Å². The van der Waals surface area contributed by atoms with Gasteiger partial charge in [0.15, 0.2) is 11.6 Å². The van der Waals surface area contributed by atoms with Gasteiger partial charge in [0.2, 0.25) is 0 Å². The third-order valence-corrected chi connectivity index (χ3v) is 2.58. The van der Waals surface area contributed by atoms with Crippen LogP contribution in [0.15, 0.2) is 53.5 Å². The molecule has 19 heavy (non-hydrogen) atoms. The lowest BCUT2D eigenvalue weighted by atomic mass is 10.2. The fourth-order valence-corrected chi connectivity index (χ4v) is 1.65. The first-order valence-corrected chi connectivity index (χ1v) is 5.88. The summed E-state index contributed by atoms with van der Waals surface area (Å²) in [6, 6.07) is 13.8. The number of rotatable bonds is 4. The topological polar surface area (TPSA) is 24.8 Å². The highest BCUT2D eigenvalue weighted by molar-refractivity contribution is 5.78. The number of ether oxygens (including phenoxy) is 1. The molecule has 0 spiro atoms. The lowest BCUT2D eigenvalue weighted by Gasteiger charge is -2.15. The van der Waals surface area contributed by atoms with E-state index in [0.29, 0.717) is 5.75 Å². The van der Waals surface area contributed by atoms with Crippen LogP contribution in [0.4, 0.5) is 10.1 Å². The zero-order chi connectivity index (χ0) is 13.7. The van der Waals surface area contributed by atoms with Crippen molar-refractivity contribution in [3.05, 3.63) is 54.3 Å². The number of nitrogens with zero attached hydrogens (tertiary/aromatic N) is 2. The number of benzene rings is 2. The molecule has 0 aromatic heterocycles. The second kappa shape index (κ2) is 6.00. The molecule has 0 aliphatic heterocycles. The molecule has 0 aliphatic carbocycles. The molecule has 0 fully saturated rings. The zero-order valence-corrected chi connectivity index (χ0v) is 10.9. The Morgan fingerprint density at radius 2 is 1.89 bits per heavy atom. The average Bonchev–Trinajstić information content (AvgIpc) is 2.42. The number of anilines is 1. The van der Waals surface area contributed by atoms with Crippen LogP contribution in [-0.2, 0) is 0 Å². The summed E-state index contributed by atoms with van der Waals surface area (Å²) in [6.45, 7) is 0. The van der Waals surface area contributed by atoms with Crippen LogP contribution in [-0.4, -0.2) is 20.4 Å². The summed E-state index contributed by atoms with van der Waals surface area (Å²) in [6.07, 6.45) is 1.65. The number of para-hydroxylation sites is 1. The molecular weight excluding hydrogens is 243 g/mol. The van der Waals surface area contributed by atoms with Crippen LogP contribution in [0.1, 0.15) is 0 Å². The molecule has 0 saturated heterocycles. The monoisotopic (exact) mass is 258 g/mol. The normalized spacial score (nSPS) is 10.7. The fraction of sp³-hybridized carbons (Fsp3) is 0.133. The van der Waals surface area contributed by atoms with Gasteiger partial charge in [-0.3, -0.25) is 4.99 Å². The third-order valence-electron chi connectivity index (χ3n) is 2.58. The van der Waals surface area contributed by atoms with Crippen LogP contribution >= 0.6 is 0 Å². The van der Waals surface area contributed by atoms with Crippen LogP contribution < -0.4 is 9.64 Å². The Morgan fingerprint density at radius 3 is 2.58 bits per heavy atom. The Morgan fingerprint density at radius 1 is 1.16 bits per heavy atom. The molecule has 0 heterocycles. The molecular formula is C15H15FN2O. The third kappa shape index (κ3) is 3.31. The van der Waals surface area contributed by atoms with Gasteiger partial charge in [0.05, 0.1) is 6.34 Å². The van der Waals surface area contributed by atoms with Gasteiger partial charge in [-0.15, -0.1) is 0 Å². The molecule has 0 amide bonds. The maximum atomic E-state index is 13.7. The van der Waals surface area contributed by atoms with Gasteiger partial charge in [0.25, 0.3) is 0 Å². The smallest absolute Gasteiger partial charge is 0.165 e. The van der Waals surface area contributed by atoms with Crippen molar-refractivity contribution in [2.75, 3.05) is 19.0 Å². The fourth-order valence-electron chi connectivity index (χ4n) is 1.65. The maximum absolute atomic E-state index is 13.7. The van der Waals surface area contributed by atoms with E-state index >= 15 is 0 Å². The highest BCUT2D eigenvalue weighted by Crippen LogP contribution is 2.28. The van der Waals surface area contributed by atoms with E-state index in [1.807, 2.05) is 25.2 Å². The van der Waals surface area contributed by atoms with Crippen LogP contribution in [0.25, 0.3) is 0 Å². The quantitative estimate of drug-likeness (QED) is 0.617. The maximum Gasteiger partial charge on any atom is 0.165 e. The van der Waals surface area contributed by atoms with Gasteiger partial charge >= 0.3 is 0 Å². The Hall–Kier alpha value is -2.36. The molecule has 0 N–H and O–H groups in total. The van der Waals surface area contributed by atoms with E-state index in [9.17, 15) is 4.39 Å². The summed E-state index contributed by atoms with van der Waals surface area (Å²) in [5.41, 5.74) is 0.804. The summed E-state index contributed by atoms with van der Waals surface area (Å²) < 4.78 is 19.3. The van der Waals surface area contributed by atoms with Crippen molar-refractivity contribution in [1.82, 2.24) is 0 Å². The van der Waals surface area contributed by atoms with Crippen LogP contribution in [0, 0.1) is 5.82 Å². The first kappa shape index (κ1) is 13.1. The van der Waals surface area contributed by atoms with Crippen LogP contribution in [0.3, 0.4) is 0 Å². The Balaban J connectivity index is 2.27. The highest BCUT2D eigenvalue weighted by atomic mass is 19.1. The first-order chi connectivity index (χ1) is 9.20. The van der Waals surface area contributed by atoms with E-state index < -0.39 is 5.82 Å². The largest absolute Gasteiger partial charge is 0.454 e. The summed E-state index contributed by atoms with van der Waals surface area (Å²) in [5, 5.41) is 0. The van der Waals surface area contributed by atoms with Crippen molar-refractivity contribution >= 4 is 12.0 Å². The number of hydrogen-bond acceptors (Lipinski definition) is 2. The van der Waals surface area contributed by atoms with Gasteiger partial charge in [-0.1, -0.05) is 18.2 Å². The van der Waals surface area contributed by atoms with Gasteiger partial charge in [-0.05, 0) is 24.3 Å². The van der Waals surface area contributed by atoms with Crippen molar-refractivity contribution in [2.24, 2.45) is 4.99 Å². The van der Waals surface area contributed by atoms with Gasteiger partial charge in [-0.2, -0.15) is 0 Å². The van der Waals surface area contributed by atoms with Gasteiger partial charge in [0.1, 0.15) is 5.75 Å². The molecule has 0 atom stereocenters. The molecule has 0 saturated carbocycles. The highest BCUT2D eigenvalue weighted by Gasteiger charge is 2.08. The van der Waals surface area contributed by atoms with Crippen LogP contribution in [0.5, 0.6) is 11.5 Å². The van der Waals surface area contributed by atoms with Gasteiger partial charge < -0.3 is 9.64 Å². The van der Waals surface area contributed by atoms with Crippen LogP contribution in [0.2, 0.25) is 0 Å². The van der Waals surface area contributed by atoms with E-state index in [-0.39, 0.29) is 5.75 Å². The van der Waals surface area contributed by atoms with Crippen molar-refractivity contribution < 1.29 is 9.13 Å². The lowest BCUT2D eigenvalue weighted by Crippen LogP contribution is -2.14. The molecule has 0 aliphatic rings. The van der Waals surface area contributed by atoms with Crippen molar-refractivity contribution in [2.45, 2.75) is 0 Å². The SMILES string of the molecule is CN=CN(C)c1ccc(F)c(Oc2ccccc2)c1. The average molecular weight is 258 g/mol. The minimum absolute atomic E-state index is 0.194. The molecule has 2 aromatic carbocycles. The summed E-state index contributed by atoms with van der Waals surface area (Å²) in [4.78, 5) is 5.70. The van der Waals surface area contributed by atoms with Gasteiger partial charge in [0, 0.05) is 25.8 Å². The van der Waals surface area contributed by atoms with E-state index in [1.165, 1.54) is 6.07 Å². The molecule has 2 aromatic rings. The van der Waals surface area contributed by atoms with Gasteiger partial charge in [-0.25, -0.2) is 4.39 Å². The molecule has 4 heteroatoms. The molecule has 2 rings (SSSR count). The molecule has 0 bridgehead atoms. The van der Waals surface area contributed by atoms with E-state index in [2.05, 4.69) is 4.99 Å². The van der Waals surface area contributed by atoms with E-state index in [1.54, 1.807) is 42.6 Å². The lowest BCUT2D eigenvalue weighted by molar-refractivity contribution is 0.442. The Kier molecular flexibility index (Phi) is 4.13. The summed E-state index contributed by atoms with van der Waals surface area (Å²) in [7, 11) is 3.52. The molecule has 0 radical (unpaired) electrons. The standard InChI is InChI=1S/C15H15FN2O/c1-17-11-18(2)12-8-9-14(16)15(10-12)19-13-6-4-3-5-7-13/h3-11H,1-2H3.